The number of rotatable bonds is 7. The van der Waals surface area contributed by atoms with E-state index in [2.05, 4.69) is 22.2 Å². The van der Waals surface area contributed by atoms with E-state index >= 15 is 0 Å². The van der Waals surface area contributed by atoms with Crippen LogP contribution in [-0.4, -0.2) is 38.3 Å². The third kappa shape index (κ3) is 3.67. The largest absolute Gasteiger partial charge is 0.383 e. The maximum Gasteiger partial charge on any atom is 0.185 e. The Balaban J connectivity index is 1.81. The van der Waals surface area contributed by atoms with Crippen LogP contribution in [0.25, 0.3) is 0 Å². The van der Waals surface area contributed by atoms with E-state index in [0.29, 0.717) is 6.04 Å². The van der Waals surface area contributed by atoms with E-state index in [1.165, 1.54) is 30.6 Å². The summed E-state index contributed by atoms with van der Waals surface area (Å²) in [5, 5.41) is 4.51. The van der Waals surface area contributed by atoms with Crippen molar-refractivity contribution < 1.29 is 4.74 Å². The number of thiazole rings is 1. The predicted octanol–water partition coefficient (Wildman–Crippen LogP) is 2.26. The van der Waals surface area contributed by atoms with Crippen LogP contribution in [0.5, 0.6) is 0 Å². The number of anilines is 1. The highest BCUT2D eigenvalue weighted by molar-refractivity contribution is 7.15. The maximum absolute atomic E-state index is 5.01. The molecule has 0 spiro atoms. The fourth-order valence-electron chi connectivity index (χ4n) is 2.38. The minimum Gasteiger partial charge on any atom is -0.383 e. The first-order chi connectivity index (χ1) is 8.81. The molecule has 1 fully saturated rings. The van der Waals surface area contributed by atoms with Gasteiger partial charge >= 0.3 is 0 Å². The highest BCUT2D eigenvalue weighted by atomic mass is 32.1. The van der Waals surface area contributed by atoms with Crippen LogP contribution in [0.2, 0.25) is 0 Å². The molecule has 1 heterocycles. The van der Waals surface area contributed by atoms with Crippen molar-refractivity contribution in [2.75, 3.05) is 32.2 Å². The smallest absolute Gasteiger partial charge is 0.185 e. The van der Waals surface area contributed by atoms with Gasteiger partial charge in [0.15, 0.2) is 5.13 Å². The Labute approximate surface area is 113 Å². The summed E-state index contributed by atoms with van der Waals surface area (Å²) < 4.78 is 5.01. The number of ether oxygens (including phenoxy) is 1. The Hall–Kier alpha value is -0.650. The average molecular weight is 269 g/mol. The van der Waals surface area contributed by atoms with Gasteiger partial charge in [-0.15, -0.1) is 11.3 Å². The van der Waals surface area contributed by atoms with Gasteiger partial charge in [-0.2, -0.15) is 0 Å². The summed E-state index contributed by atoms with van der Waals surface area (Å²) in [4.78, 5) is 8.19. The van der Waals surface area contributed by atoms with Gasteiger partial charge in [0.05, 0.1) is 6.61 Å². The molecular formula is C13H23N3OS. The van der Waals surface area contributed by atoms with Crippen LogP contribution >= 0.6 is 11.3 Å². The molecular weight excluding hydrogens is 246 g/mol. The van der Waals surface area contributed by atoms with Crippen molar-refractivity contribution in [1.82, 2.24) is 10.3 Å². The molecule has 1 aromatic rings. The number of aromatic nitrogens is 1. The van der Waals surface area contributed by atoms with E-state index < -0.39 is 0 Å². The molecule has 0 aliphatic heterocycles. The van der Waals surface area contributed by atoms with Crippen LogP contribution in [0.3, 0.4) is 0 Å². The lowest BCUT2D eigenvalue weighted by molar-refractivity contribution is 0.199. The molecule has 1 saturated carbocycles. The third-order valence-electron chi connectivity index (χ3n) is 3.50. The predicted molar refractivity (Wildman–Crippen MR) is 76.4 cm³/mol. The minimum atomic E-state index is 0.699. The van der Waals surface area contributed by atoms with E-state index in [4.69, 9.17) is 4.74 Å². The van der Waals surface area contributed by atoms with Gasteiger partial charge in [0.1, 0.15) is 0 Å². The summed E-state index contributed by atoms with van der Waals surface area (Å²) >= 11 is 1.80. The highest BCUT2D eigenvalue weighted by Gasteiger charge is 2.21. The van der Waals surface area contributed by atoms with Crippen molar-refractivity contribution >= 4 is 16.5 Å². The zero-order chi connectivity index (χ0) is 12.8. The first-order valence-corrected chi connectivity index (χ1v) is 7.50. The Morgan fingerprint density at radius 2 is 2.28 bits per heavy atom. The third-order valence-corrected chi connectivity index (χ3v) is 4.59. The summed E-state index contributed by atoms with van der Waals surface area (Å²) in [5.74, 6) is 0. The quantitative estimate of drug-likeness (QED) is 0.771. The van der Waals surface area contributed by atoms with Crippen molar-refractivity contribution in [3.8, 4) is 0 Å². The lowest BCUT2D eigenvalue weighted by Gasteiger charge is -2.23. The summed E-state index contributed by atoms with van der Waals surface area (Å²) in [6.45, 7) is 2.54. The van der Waals surface area contributed by atoms with Gasteiger partial charge in [0, 0.05) is 44.4 Å². The van der Waals surface area contributed by atoms with Crippen LogP contribution in [0, 0.1) is 0 Å². The number of hydrogen-bond acceptors (Lipinski definition) is 5. The van der Waals surface area contributed by atoms with E-state index in [1.54, 1.807) is 18.4 Å². The molecule has 1 N–H and O–H groups in total. The van der Waals surface area contributed by atoms with Gasteiger partial charge in [0.2, 0.25) is 0 Å². The molecule has 0 aromatic carbocycles. The second-order valence-electron chi connectivity index (χ2n) is 4.83. The Morgan fingerprint density at radius 1 is 1.50 bits per heavy atom. The minimum absolute atomic E-state index is 0.699. The van der Waals surface area contributed by atoms with E-state index in [9.17, 15) is 0 Å². The Kier molecular flexibility index (Phi) is 5.41. The van der Waals surface area contributed by atoms with Crippen LogP contribution in [0.4, 0.5) is 5.13 Å². The molecule has 0 radical (unpaired) electrons. The molecule has 0 unspecified atom stereocenters. The molecule has 0 amide bonds. The van der Waals surface area contributed by atoms with E-state index in [0.717, 1.165) is 24.8 Å². The zero-order valence-corrected chi connectivity index (χ0v) is 12.1. The number of methoxy groups -OCH3 is 1. The van der Waals surface area contributed by atoms with Gasteiger partial charge in [0.25, 0.3) is 0 Å². The first-order valence-electron chi connectivity index (χ1n) is 6.68. The molecule has 102 valence electrons. The van der Waals surface area contributed by atoms with Gasteiger partial charge in [-0.25, -0.2) is 4.98 Å². The standard InChI is InChI=1S/C13H23N3OS/c1-16(11-5-3-4-6-11)13-15-10-12(18-13)9-14-7-8-17-2/h10-11,14H,3-9H2,1-2H3. The van der Waals surface area contributed by atoms with Gasteiger partial charge < -0.3 is 15.0 Å². The number of nitrogens with one attached hydrogen (secondary N) is 1. The van der Waals surface area contributed by atoms with Crippen LogP contribution < -0.4 is 10.2 Å². The fourth-order valence-corrected chi connectivity index (χ4v) is 3.29. The molecule has 0 atom stereocenters. The van der Waals surface area contributed by atoms with Gasteiger partial charge in [-0.3, -0.25) is 0 Å². The molecule has 5 heteroatoms. The monoisotopic (exact) mass is 269 g/mol. The Morgan fingerprint density at radius 3 is 3.00 bits per heavy atom. The highest BCUT2D eigenvalue weighted by Crippen LogP contribution is 2.29. The molecule has 0 bridgehead atoms. The second kappa shape index (κ2) is 7.07. The summed E-state index contributed by atoms with van der Waals surface area (Å²) in [7, 11) is 3.90. The number of hydrogen-bond donors (Lipinski definition) is 1. The van der Waals surface area contributed by atoms with Crippen molar-refractivity contribution in [3.63, 3.8) is 0 Å². The summed E-state index contributed by atoms with van der Waals surface area (Å²) in [6, 6.07) is 0.699. The topological polar surface area (TPSA) is 37.4 Å². The molecule has 0 saturated heterocycles. The van der Waals surface area contributed by atoms with Crippen molar-refractivity contribution in [2.24, 2.45) is 0 Å². The SMILES string of the molecule is COCCNCc1cnc(N(C)C2CCCC2)s1. The second-order valence-corrected chi connectivity index (χ2v) is 5.92. The van der Waals surface area contributed by atoms with Crippen LogP contribution in [0.15, 0.2) is 6.20 Å². The molecule has 4 nitrogen and oxygen atoms in total. The first kappa shape index (κ1) is 13.8. The maximum atomic E-state index is 5.01. The van der Waals surface area contributed by atoms with Gasteiger partial charge in [-0.1, -0.05) is 12.8 Å². The Bertz CT molecular complexity index is 350. The fraction of sp³-hybridized carbons (Fsp3) is 0.769. The zero-order valence-electron chi connectivity index (χ0n) is 11.3. The average Bonchev–Trinajstić information content (AvgIpc) is 3.05. The van der Waals surface area contributed by atoms with Crippen molar-refractivity contribution in [1.29, 1.82) is 0 Å². The molecule has 1 aromatic heterocycles. The van der Waals surface area contributed by atoms with Crippen molar-refractivity contribution in [3.05, 3.63) is 11.1 Å². The lowest BCUT2D eigenvalue weighted by atomic mass is 10.2. The van der Waals surface area contributed by atoms with Gasteiger partial charge in [-0.05, 0) is 12.8 Å². The van der Waals surface area contributed by atoms with E-state index in [1.807, 2.05) is 6.20 Å². The molecule has 2 rings (SSSR count). The number of nitrogens with zero attached hydrogens (tertiary/aromatic N) is 2. The van der Waals surface area contributed by atoms with E-state index in [-0.39, 0.29) is 0 Å². The molecule has 18 heavy (non-hydrogen) atoms. The van der Waals surface area contributed by atoms with Crippen LogP contribution in [0.1, 0.15) is 30.6 Å². The van der Waals surface area contributed by atoms with Crippen molar-refractivity contribution in [2.45, 2.75) is 38.3 Å². The molecule has 1 aliphatic rings. The summed E-state index contributed by atoms with van der Waals surface area (Å²) in [5.41, 5.74) is 0. The lowest BCUT2D eigenvalue weighted by Crippen LogP contribution is -2.28. The van der Waals surface area contributed by atoms with Crippen LogP contribution in [-0.2, 0) is 11.3 Å². The normalized spacial score (nSPS) is 16.3. The molecule has 1 aliphatic carbocycles. The summed E-state index contributed by atoms with van der Waals surface area (Å²) in [6.07, 6.45) is 7.36.